The molecule has 0 spiro atoms. The van der Waals surface area contributed by atoms with Gasteiger partial charge in [0.15, 0.2) is 11.5 Å². The zero-order valence-electron chi connectivity index (χ0n) is 18.7. The summed E-state index contributed by atoms with van der Waals surface area (Å²) in [4.78, 5) is 25.4. The largest absolute Gasteiger partial charge is 0.495 e. The van der Waals surface area contributed by atoms with Crippen molar-refractivity contribution < 1.29 is 19.0 Å². The molecule has 1 amide bonds. The lowest BCUT2D eigenvalue weighted by molar-refractivity contribution is -0.110. The van der Waals surface area contributed by atoms with E-state index in [0.29, 0.717) is 32.1 Å². The van der Waals surface area contributed by atoms with Gasteiger partial charge in [-0.25, -0.2) is 0 Å². The number of ether oxygens (including phenoxy) is 3. The van der Waals surface area contributed by atoms with Crippen LogP contribution in [0.25, 0.3) is 12.2 Å². The van der Waals surface area contributed by atoms with Crippen molar-refractivity contribution >= 4 is 35.1 Å². The van der Waals surface area contributed by atoms with Gasteiger partial charge in [0.25, 0.3) is 11.5 Å². The van der Waals surface area contributed by atoms with E-state index in [2.05, 4.69) is 5.32 Å². The first-order chi connectivity index (χ1) is 15.3. The van der Waals surface area contributed by atoms with Crippen LogP contribution in [0.1, 0.15) is 19.4 Å². The summed E-state index contributed by atoms with van der Waals surface area (Å²) in [6.45, 7) is 3.85. The van der Waals surface area contributed by atoms with Gasteiger partial charge in [-0.15, -0.1) is 11.3 Å². The molecular formula is C24H26N2O5S. The Balaban J connectivity index is 2.02. The maximum atomic E-state index is 12.8. The van der Waals surface area contributed by atoms with Gasteiger partial charge in [0.1, 0.15) is 10.4 Å². The molecule has 32 heavy (non-hydrogen) atoms. The Bertz CT molecular complexity index is 1290. The third kappa shape index (κ3) is 5.20. The highest BCUT2D eigenvalue weighted by atomic mass is 32.1. The van der Waals surface area contributed by atoms with Gasteiger partial charge >= 0.3 is 0 Å². The average Bonchev–Trinajstić information content (AvgIpc) is 3.02. The standard InChI is InChI=1S/C24H26N2O5S/c1-15(2)31-23-16(9-8-12-19(23)30-5)13-20-24(28)26(3)22(32-20)14-21(27)25-17-10-6-7-11-18(17)29-4/h6-15H,1-5H3,(H,25,27)/b20-13-,22-14+. The monoisotopic (exact) mass is 454 g/mol. The lowest BCUT2D eigenvalue weighted by atomic mass is 10.1. The summed E-state index contributed by atoms with van der Waals surface area (Å²) in [7, 11) is 4.75. The van der Waals surface area contributed by atoms with Crippen LogP contribution >= 0.6 is 11.3 Å². The molecule has 0 saturated carbocycles. The van der Waals surface area contributed by atoms with Gasteiger partial charge in [0, 0.05) is 18.7 Å². The minimum Gasteiger partial charge on any atom is -0.495 e. The molecule has 0 unspecified atom stereocenters. The molecule has 0 aliphatic carbocycles. The van der Waals surface area contributed by atoms with Gasteiger partial charge in [-0.2, -0.15) is 0 Å². The summed E-state index contributed by atoms with van der Waals surface area (Å²) in [5.41, 5.74) is 1.07. The highest BCUT2D eigenvalue weighted by Gasteiger charge is 2.12. The van der Waals surface area contributed by atoms with Crippen LogP contribution in [0.2, 0.25) is 0 Å². The van der Waals surface area contributed by atoms with E-state index in [-0.39, 0.29) is 17.6 Å². The van der Waals surface area contributed by atoms with Crippen LogP contribution in [-0.2, 0) is 11.8 Å². The quantitative estimate of drug-likeness (QED) is 0.594. The smallest absolute Gasteiger partial charge is 0.268 e. The zero-order chi connectivity index (χ0) is 23.3. The van der Waals surface area contributed by atoms with E-state index in [9.17, 15) is 9.59 Å². The van der Waals surface area contributed by atoms with Gasteiger partial charge in [0.05, 0.1) is 30.5 Å². The van der Waals surface area contributed by atoms with Crippen molar-refractivity contribution in [3.63, 3.8) is 0 Å². The average molecular weight is 455 g/mol. The van der Waals surface area contributed by atoms with Gasteiger partial charge in [-0.1, -0.05) is 24.3 Å². The number of thiazole rings is 1. The number of amides is 1. The van der Waals surface area contributed by atoms with Crippen molar-refractivity contribution in [3.8, 4) is 17.2 Å². The number of benzene rings is 2. The van der Waals surface area contributed by atoms with Gasteiger partial charge in [-0.3, -0.25) is 9.59 Å². The predicted molar refractivity (Wildman–Crippen MR) is 127 cm³/mol. The van der Waals surface area contributed by atoms with Crippen molar-refractivity contribution in [2.75, 3.05) is 19.5 Å². The molecule has 1 heterocycles. The number of aromatic nitrogens is 1. The summed E-state index contributed by atoms with van der Waals surface area (Å²) in [6, 6.07) is 12.6. The fourth-order valence-corrected chi connectivity index (χ4v) is 4.07. The summed E-state index contributed by atoms with van der Waals surface area (Å²) in [5, 5.41) is 2.79. The van der Waals surface area contributed by atoms with Crippen molar-refractivity contribution in [1.82, 2.24) is 4.57 Å². The summed E-state index contributed by atoms with van der Waals surface area (Å²) in [6.07, 6.45) is 3.09. The molecule has 0 saturated heterocycles. The second kappa shape index (κ2) is 10.2. The molecule has 1 aromatic heterocycles. The van der Waals surface area contributed by atoms with E-state index in [1.165, 1.54) is 29.1 Å². The third-order valence-corrected chi connectivity index (χ3v) is 5.66. The van der Waals surface area contributed by atoms with Gasteiger partial charge in [0.2, 0.25) is 0 Å². The van der Waals surface area contributed by atoms with Crippen molar-refractivity contribution in [2.24, 2.45) is 7.05 Å². The van der Waals surface area contributed by atoms with Gasteiger partial charge < -0.3 is 24.1 Å². The lowest BCUT2D eigenvalue weighted by Gasteiger charge is -2.15. The Morgan fingerprint density at radius 2 is 1.75 bits per heavy atom. The molecular weight excluding hydrogens is 428 g/mol. The van der Waals surface area contributed by atoms with Crippen LogP contribution < -0.4 is 34.3 Å². The van der Waals surface area contributed by atoms with E-state index in [1.54, 1.807) is 38.4 Å². The molecule has 3 rings (SSSR count). The third-order valence-electron chi connectivity index (χ3n) is 4.55. The number of anilines is 1. The van der Waals surface area contributed by atoms with Crippen LogP contribution in [0.3, 0.4) is 0 Å². The molecule has 8 heteroatoms. The van der Waals surface area contributed by atoms with Crippen LogP contribution in [0.15, 0.2) is 47.3 Å². The maximum absolute atomic E-state index is 12.8. The first kappa shape index (κ1) is 23.1. The van der Waals surface area contributed by atoms with Crippen molar-refractivity contribution in [2.45, 2.75) is 20.0 Å². The number of nitrogens with one attached hydrogen (secondary N) is 1. The Labute approximate surface area is 190 Å². The molecule has 0 atom stereocenters. The Kier molecular flexibility index (Phi) is 7.37. The second-order valence-corrected chi connectivity index (χ2v) is 8.25. The topological polar surface area (TPSA) is 78.8 Å². The van der Waals surface area contributed by atoms with E-state index in [0.717, 1.165) is 5.56 Å². The van der Waals surface area contributed by atoms with Gasteiger partial charge in [-0.05, 0) is 38.1 Å². The number of carbonyl (C=O) groups is 1. The first-order valence-electron chi connectivity index (χ1n) is 10.0. The van der Waals surface area contributed by atoms with Crippen LogP contribution in [0.4, 0.5) is 5.69 Å². The molecule has 0 aliphatic rings. The zero-order valence-corrected chi connectivity index (χ0v) is 19.5. The Hall–Kier alpha value is -3.52. The second-order valence-electron chi connectivity index (χ2n) is 7.19. The molecule has 0 aliphatic heterocycles. The number of methoxy groups -OCH3 is 2. The molecule has 168 valence electrons. The lowest BCUT2D eigenvalue weighted by Crippen LogP contribution is -2.29. The predicted octanol–water partition coefficient (Wildman–Crippen LogP) is 2.50. The summed E-state index contributed by atoms with van der Waals surface area (Å²) in [5.74, 6) is 1.35. The number of hydrogen-bond acceptors (Lipinski definition) is 6. The fourth-order valence-electron chi connectivity index (χ4n) is 3.05. The van der Waals surface area contributed by atoms with E-state index >= 15 is 0 Å². The van der Waals surface area contributed by atoms with Crippen LogP contribution in [-0.4, -0.2) is 30.8 Å². The normalized spacial score (nSPS) is 12.2. The van der Waals surface area contributed by atoms with Crippen molar-refractivity contribution in [1.29, 1.82) is 0 Å². The van der Waals surface area contributed by atoms with E-state index in [1.807, 2.05) is 38.1 Å². The fraction of sp³-hybridized carbons (Fsp3) is 0.250. The summed E-state index contributed by atoms with van der Waals surface area (Å²) >= 11 is 1.22. The number of carbonyl (C=O) groups excluding carboxylic acids is 1. The molecule has 0 fully saturated rings. The Morgan fingerprint density at radius 1 is 1.06 bits per heavy atom. The van der Waals surface area contributed by atoms with Crippen molar-refractivity contribution in [3.05, 3.63) is 67.6 Å². The number of nitrogens with zero attached hydrogens (tertiary/aromatic N) is 1. The number of hydrogen-bond donors (Lipinski definition) is 1. The highest BCUT2D eigenvalue weighted by molar-refractivity contribution is 7.07. The SMILES string of the molecule is COc1ccccc1NC(=O)/C=c1/s/c(=C\c2cccc(OC)c2OC(C)C)c(=O)n1C. The molecule has 7 nitrogen and oxygen atoms in total. The van der Waals surface area contributed by atoms with E-state index in [4.69, 9.17) is 14.2 Å². The Morgan fingerprint density at radius 3 is 2.44 bits per heavy atom. The highest BCUT2D eigenvalue weighted by Crippen LogP contribution is 2.32. The number of rotatable bonds is 7. The summed E-state index contributed by atoms with van der Waals surface area (Å²) < 4.78 is 19.0. The van der Waals surface area contributed by atoms with Crippen LogP contribution in [0, 0.1) is 0 Å². The maximum Gasteiger partial charge on any atom is 0.268 e. The molecule has 3 aromatic rings. The molecule has 2 aromatic carbocycles. The molecule has 1 N–H and O–H groups in total. The minimum atomic E-state index is -0.358. The number of para-hydroxylation sites is 3. The van der Waals surface area contributed by atoms with E-state index < -0.39 is 0 Å². The minimum absolute atomic E-state index is 0.0628. The molecule has 0 radical (unpaired) electrons. The molecule has 0 bridgehead atoms. The van der Waals surface area contributed by atoms with Crippen LogP contribution in [0.5, 0.6) is 17.2 Å². The first-order valence-corrected chi connectivity index (χ1v) is 10.8.